The standard InChI is InChI=1S/C20H21NO3/c1-2-24-19(22)20(21-11-13-23-14-12-21)17-9-5-3-7-15(17)16-8-4-6-10-18(16)20/h3-10H,2,11-14H2,1H3/p+1. The molecule has 0 radical (unpaired) electrons. The summed E-state index contributed by atoms with van der Waals surface area (Å²) in [5.74, 6) is -0.153. The molecule has 124 valence electrons. The first-order valence-electron chi connectivity index (χ1n) is 8.59. The Balaban J connectivity index is 1.99. The zero-order valence-corrected chi connectivity index (χ0v) is 13.9. The van der Waals surface area contributed by atoms with Gasteiger partial charge in [-0.1, -0.05) is 48.5 Å². The molecule has 1 N–H and O–H groups in total. The summed E-state index contributed by atoms with van der Waals surface area (Å²) in [4.78, 5) is 14.5. The van der Waals surface area contributed by atoms with Gasteiger partial charge in [0, 0.05) is 11.1 Å². The van der Waals surface area contributed by atoms with Gasteiger partial charge in [0.1, 0.15) is 13.1 Å². The molecule has 2 aromatic rings. The molecule has 0 amide bonds. The first-order valence-corrected chi connectivity index (χ1v) is 8.59. The number of morpholine rings is 1. The summed E-state index contributed by atoms with van der Waals surface area (Å²) in [6.07, 6.45) is 0. The van der Waals surface area contributed by atoms with Gasteiger partial charge in [0.25, 0.3) is 0 Å². The van der Waals surface area contributed by atoms with Crippen LogP contribution in [0.25, 0.3) is 11.1 Å². The average molecular weight is 324 g/mol. The molecular weight excluding hydrogens is 302 g/mol. The lowest BCUT2D eigenvalue weighted by Gasteiger charge is -2.39. The Hall–Kier alpha value is -2.17. The SMILES string of the molecule is CCOC(=O)C1([NH+]2CCOCC2)c2ccccc2-c2ccccc21. The zero-order valence-electron chi connectivity index (χ0n) is 13.9. The number of benzene rings is 2. The maximum Gasteiger partial charge on any atom is 0.378 e. The topological polar surface area (TPSA) is 40.0 Å². The number of hydrogen-bond acceptors (Lipinski definition) is 3. The van der Waals surface area contributed by atoms with Crippen LogP contribution < -0.4 is 4.90 Å². The van der Waals surface area contributed by atoms with Crippen molar-refractivity contribution in [3.8, 4) is 11.1 Å². The van der Waals surface area contributed by atoms with Crippen LogP contribution in [0.2, 0.25) is 0 Å². The Bertz CT molecular complexity index is 719. The molecule has 1 aliphatic heterocycles. The van der Waals surface area contributed by atoms with Gasteiger partial charge < -0.3 is 14.4 Å². The number of hydrogen-bond donors (Lipinski definition) is 1. The van der Waals surface area contributed by atoms with E-state index < -0.39 is 5.54 Å². The number of carbonyl (C=O) groups excluding carboxylic acids is 1. The van der Waals surface area contributed by atoms with Crippen LogP contribution in [-0.2, 0) is 19.8 Å². The van der Waals surface area contributed by atoms with Crippen LogP contribution >= 0.6 is 0 Å². The van der Waals surface area contributed by atoms with Crippen molar-refractivity contribution in [1.82, 2.24) is 0 Å². The highest BCUT2D eigenvalue weighted by molar-refractivity contribution is 5.96. The van der Waals surface area contributed by atoms with Gasteiger partial charge in [-0.3, -0.25) is 0 Å². The quantitative estimate of drug-likeness (QED) is 0.868. The number of carbonyl (C=O) groups is 1. The first-order chi connectivity index (χ1) is 11.8. The van der Waals surface area contributed by atoms with E-state index in [1.54, 1.807) is 0 Å². The van der Waals surface area contributed by atoms with E-state index in [1.165, 1.54) is 4.90 Å². The molecule has 1 saturated heterocycles. The minimum atomic E-state index is -0.785. The highest BCUT2D eigenvalue weighted by Crippen LogP contribution is 2.46. The number of fused-ring (bicyclic) bond motifs is 3. The number of nitrogens with one attached hydrogen (secondary N) is 1. The third-order valence-corrected chi connectivity index (χ3v) is 5.16. The number of ether oxygens (including phenoxy) is 2. The molecule has 0 atom stereocenters. The van der Waals surface area contributed by atoms with Crippen molar-refractivity contribution in [3.05, 3.63) is 59.7 Å². The number of quaternary nitrogens is 1. The van der Waals surface area contributed by atoms with Crippen LogP contribution in [0.5, 0.6) is 0 Å². The Labute approximate surface area is 142 Å². The van der Waals surface area contributed by atoms with Gasteiger partial charge in [0.15, 0.2) is 0 Å². The second-order valence-electron chi connectivity index (χ2n) is 6.28. The van der Waals surface area contributed by atoms with E-state index in [9.17, 15) is 4.79 Å². The predicted octanol–water partition coefficient (Wildman–Crippen LogP) is 1.39. The van der Waals surface area contributed by atoms with Gasteiger partial charge in [-0.25, -0.2) is 4.79 Å². The van der Waals surface area contributed by atoms with Gasteiger partial charge in [-0.15, -0.1) is 0 Å². The molecule has 0 saturated carbocycles. The van der Waals surface area contributed by atoms with Crippen molar-refractivity contribution in [2.24, 2.45) is 0 Å². The van der Waals surface area contributed by atoms with E-state index in [-0.39, 0.29) is 5.97 Å². The second-order valence-corrected chi connectivity index (χ2v) is 6.28. The summed E-state index contributed by atoms with van der Waals surface area (Å²) in [6, 6.07) is 16.5. The van der Waals surface area contributed by atoms with E-state index in [1.807, 2.05) is 31.2 Å². The lowest BCUT2D eigenvalue weighted by molar-refractivity contribution is -0.950. The fourth-order valence-corrected chi connectivity index (χ4v) is 4.21. The van der Waals surface area contributed by atoms with Gasteiger partial charge in [-0.05, 0) is 18.1 Å². The molecule has 4 rings (SSSR count). The highest BCUT2D eigenvalue weighted by atomic mass is 16.5. The fourth-order valence-electron chi connectivity index (χ4n) is 4.21. The van der Waals surface area contributed by atoms with Crippen molar-refractivity contribution in [2.45, 2.75) is 12.5 Å². The summed E-state index contributed by atoms with van der Waals surface area (Å²) in [5, 5.41) is 0. The molecule has 24 heavy (non-hydrogen) atoms. The summed E-state index contributed by atoms with van der Waals surface area (Å²) >= 11 is 0. The molecule has 1 aliphatic carbocycles. The molecule has 0 spiro atoms. The molecule has 2 aromatic carbocycles. The van der Waals surface area contributed by atoms with E-state index in [0.717, 1.165) is 35.3 Å². The van der Waals surface area contributed by atoms with Crippen LogP contribution in [0.3, 0.4) is 0 Å². The molecule has 0 bridgehead atoms. The van der Waals surface area contributed by atoms with E-state index in [2.05, 4.69) is 24.3 Å². The molecule has 2 aliphatic rings. The maximum atomic E-state index is 13.3. The number of rotatable bonds is 3. The fraction of sp³-hybridized carbons (Fsp3) is 0.350. The minimum absolute atomic E-state index is 0.153. The maximum absolute atomic E-state index is 13.3. The molecule has 4 heteroatoms. The van der Waals surface area contributed by atoms with Gasteiger partial charge in [0.2, 0.25) is 5.54 Å². The third kappa shape index (κ3) is 2.03. The summed E-state index contributed by atoms with van der Waals surface area (Å²) in [6.45, 7) is 5.17. The molecular formula is C20H22NO3+. The van der Waals surface area contributed by atoms with Crippen molar-refractivity contribution >= 4 is 5.97 Å². The van der Waals surface area contributed by atoms with Gasteiger partial charge >= 0.3 is 5.97 Å². The first kappa shape index (κ1) is 15.4. The van der Waals surface area contributed by atoms with E-state index >= 15 is 0 Å². The smallest absolute Gasteiger partial charge is 0.378 e. The van der Waals surface area contributed by atoms with E-state index in [0.29, 0.717) is 19.8 Å². The lowest BCUT2D eigenvalue weighted by atomic mass is 9.85. The zero-order chi connectivity index (χ0) is 16.6. The van der Waals surface area contributed by atoms with Crippen molar-refractivity contribution in [2.75, 3.05) is 32.9 Å². The van der Waals surface area contributed by atoms with Crippen LogP contribution in [0.15, 0.2) is 48.5 Å². The molecule has 1 heterocycles. The van der Waals surface area contributed by atoms with Crippen molar-refractivity contribution in [3.63, 3.8) is 0 Å². The highest BCUT2D eigenvalue weighted by Gasteiger charge is 2.58. The monoisotopic (exact) mass is 324 g/mol. The number of esters is 1. The van der Waals surface area contributed by atoms with Crippen LogP contribution in [-0.4, -0.2) is 38.9 Å². The Morgan fingerprint density at radius 2 is 1.58 bits per heavy atom. The van der Waals surface area contributed by atoms with Crippen molar-refractivity contribution in [1.29, 1.82) is 0 Å². The summed E-state index contributed by atoms with van der Waals surface area (Å²) < 4.78 is 11.1. The normalized spacial score (nSPS) is 18.7. The van der Waals surface area contributed by atoms with Crippen LogP contribution in [0.4, 0.5) is 0 Å². The Kier molecular flexibility index (Phi) is 3.87. The molecule has 4 nitrogen and oxygen atoms in total. The van der Waals surface area contributed by atoms with Gasteiger partial charge in [-0.2, -0.15) is 0 Å². The average Bonchev–Trinajstić information content (AvgIpc) is 2.94. The van der Waals surface area contributed by atoms with Crippen LogP contribution in [0, 0.1) is 0 Å². The third-order valence-electron chi connectivity index (χ3n) is 5.16. The Morgan fingerprint density at radius 1 is 1.04 bits per heavy atom. The minimum Gasteiger partial charge on any atom is -0.461 e. The molecule has 0 unspecified atom stereocenters. The van der Waals surface area contributed by atoms with Crippen LogP contribution in [0.1, 0.15) is 18.1 Å². The summed E-state index contributed by atoms with van der Waals surface area (Å²) in [5.41, 5.74) is 3.61. The predicted molar refractivity (Wildman–Crippen MR) is 90.8 cm³/mol. The van der Waals surface area contributed by atoms with Gasteiger partial charge in [0.05, 0.1) is 19.8 Å². The molecule has 0 aromatic heterocycles. The molecule has 1 fully saturated rings. The largest absolute Gasteiger partial charge is 0.461 e. The second kappa shape index (κ2) is 6.04. The Morgan fingerprint density at radius 3 is 2.12 bits per heavy atom. The van der Waals surface area contributed by atoms with E-state index in [4.69, 9.17) is 9.47 Å². The summed E-state index contributed by atoms with van der Waals surface area (Å²) in [7, 11) is 0. The lowest BCUT2D eigenvalue weighted by Crippen LogP contribution is -3.21. The van der Waals surface area contributed by atoms with Crippen molar-refractivity contribution < 1.29 is 19.2 Å².